The molecule has 1 amide bonds. The molecule has 0 bridgehead atoms. The highest BCUT2D eigenvalue weighted by atomic mass is 32.2. The third-order valence-corrected chi connectivity index (χ3v) is 5.75. The third-order valence-electron chi connectivity index (χ3n) is 4.04. The molecule has 0 unspecified atom stereocenters. The maximum atomic E-state index is 13.4. The van der Waals surface area contributed by atoms with E-state index in [4.69, 9.17) is 5.73 Å². The molecule has 1 fully saturated rings. The van der Waals surface area contributed by atoms with E-state index in [1.54, 1.807) is 0 Å². The highest BCUT2D eigenvalue weighted by molar-refractivity contribution is 7.91. The standard InChI is InChI=1S/C14H18F3N3O3S/c1-20(13(21)9-4-6-24(22,23)7-5-9)12(14(15,16)17)11-3-2-10(18)8-19-11/h2-3,8-9,12H,4-7,18H2,1H3/t12-/m0/s1. The predicted molar refractivity (Wildman–Crippen MR) is 81.6 cm³/mol. The first-order chi connectivity index (χ1) is 11.0. The van der Waals surface area contributed by atoms with Gasteiger partial charge in [0, 0.05) is 13.0 Å². The van der Waals surface area contributed by atoms with Crippen molar-refractivity contribution in [3.8, 4) is 0 Å². The molecule has 1 atom stereocenters. The summed E-state index contributed by atoms with van der Waals surface area (Å²) in [5.74, 6) is -1.84. The lowest BCUT2D eigenvalue weighted by atomic mass is 9.99. The third kappa shape index (κ3) is 4.16. The van der Waals surface area contributed by atoms with Gasteiger partial charge in [-0.2, -0.15) is 13.2 Å². The van der Waals surface area contributed by atoms with Crippen LogP contribution in [0.4, 0.5) is 18.9 Å². The van der Waals surface area contributed by atoms with Gasteiger partial charge in [-0.1, -0.05) is 0 Å². The van der Waals surface area contributed by atoms with Crippen molar-refractivity contribution >= 4 is 21.4 Å². The number of carbonyl (C=O) groups excluding carboxylic acids is 1. The zero-order chi connectivity index (χ0) is 18.1. The number of pyridine rings is 1. The molecule has 10 heteroatoms. The summed E-state index contributed by atoms with van der Waals surface area (Å²) in [6.45, 7) is 0. The van der Waals surface area contributed by atoms with E-state index in [2.05, 4.69) is 4.98 Å². The number of anilines is 1. The Hall–Kier alpha value is -1.84. The number of alkyl halides is 3. The van der Waals surface area contributed by atoms with Crippen LogP contribution in [0.2, 0.25) is 0 Å². The molecule has 0 saturated carbocycles. The second-order valence-corrected chi connectivity index (χ2v) is 8.14. The fourth-order valence-electron chi connectivity index (χ4n) is 2.72. The maximum absolute atomic E-state index is 13.4. The lowest BCUT2D eigenvalue weighted by Crippen LogP contribution is -2.44. The first-order valence-corrected chi connectivity index (χ1v) is 9.08. The first-order valence-electron chi connectivity index (χ1n) is 7.26. The molecule has 2 N–H and O–H groups in total. The van der Waals surface area contributed by atoms with Crippen molar-refractivity contribution in [2.45, 2.75) is 25.1 Å². The Kier molecular flexibility index (Phi) is 5.07. The maximum Gasteiger partial charge on any atom is 0.414 e. The summed E-state index contributed by atoms with van der Waals surface area (Å²) in [5, 5.41) is 0. The van der Waals surface area contributed by atoms with E-state index in [0.29, 0.717) is 4.90 Å². The molecule has 1 saturated heterocycles. The minimum atomic E-state index is -4.71. The highest BCUT2D eigenvalue weighted by Crippen LogP contribution is 2.37. The number of carbonyl (C=O) groups is 1. The number of halogens is 3. The van der Waals surface area contributed by atoms with Gasteiger partial charge in [0.25, 0.3) is 0 Å². The average molecular weight is 365 g/mol. The van der Waals surface area contributed by atoms with E-state index in [1.807, 2.05) is 0 Å². The number of nitrogens with zero attached hydrogens (tertiary/aromatic N) is 2. The van der Waals surface area contributed by atoms with Gasteiger partial charge in [-0.05, 0) is 25.0 Å². The van der Waals surface area contributed by atoms with E-state index in [-0.39, 0.29) is 35.7 Å². The van der Waals surface area contributed by atoms with Crippen LogP contribution >= 0.6 is 0 Å². The predicted octanol–water partition coefficient (Wildman–Crippen LogP) is 1.55. The Morgan fingerprint density at radius 3 is 2.38 bits per heavy atom. The Bertz CT molecular complexity index is 690. The van der Waals surface area contributed by atoms with Crippen LogP contribution < -0.4 is 5.73 Å². The molecule has 0 aromatic carbocycles. The lowest BCUT2D eigenvalue weighted by molar-refractivity contribution is -0.191. The number of hydrogen-bond acceptors (Lipinski definition) is 5. The van der Waals surface area contributed by atoms with Crippen molar-refractivity contribution in [3.63, 3.8) is 0 Å². The van der Waals surface area contributed by atoms with Crippen LogP contribution in [-0.2, 0) is 14.6 Å². The molecule has 2 heterocycles. The highest BCUT2D eigenvalue weighted by Gasteiger charge is 2.47. The molecule has 24 heavy (non-hydrogen) atoms. The zero-order valence-corrected chi connectivity index (χ0v) is 13.8. The fraction of sp³-hybridized carbons (Fsp3) is 0.571. The van der Waals surface area contributed by atoms with E-state index < -0.39 is 33.9 Å². The van der Waals surface area contributed by atoms with Crippen molar-refractivity contribution in [2.75, 3.05) is 24.3 Å². The Labute approximate surface area is 137 Å². The Balaban J connectivity index is 2.23. The lowest BCUT2D eigenvalue weighted by Gasteiger charge is -2.33. The van der Waals surface area contributed by atoms with E-state index in [9.17, 15) is 26.4 Å². The van der Waals surface area contributed by atoms with E-state index in [1.165, 1.54) is 6.07 Å². The summed E-state index contributed by atoms with van der Waals surface area (Å²) in [6, 6.07) is 0.207. The summed E-state index contributed by atoms with van der Waals surface area (Å²) in [7, 11) is -2.14. The van der Waals surface area contributed by atoms with Crippen LogP contribution in [-0.4, -0.2) is 48.9 Å². The number of hydrogen-bond donors (Lipinski definition) is 1. The number of rotatable bonds is 3. The van der Waals surface area contributed by atoms with Crippen molar-refractivity contribution in [1.29, 1.82) is 0 Å². The average Bonchev–Trinajstić information content (AvgIpc) is 2.47. The molecule has 1 aromatic heterocycles. The second-order valence-electron chi connectivity index (χ2n) is 5.84. The van der Waals surface area contributed by atoms with Crippen LogP contribution in [0.25, 0.3) is 0 Å². The quantitative estimate of drug-likeness (QED) is 0.877. The van der Waals surface area contributed by atoms with Crippen LogP contribution in [0.15, 0.2) is 18.3 Å². The van der Waals surface area contributed by atoms with Gasteiger partial charge in [-0.25, -0.2) is 8.42 Å². The van der Waals surface area contributed by atoms with Gasteiger partial charge in [-0.3, -0.25) is 9.78 Å². The van der Waals surface area contributed by atoms with Gasteiger partial charge in [0.05, 0.1) is 29.1 Å². The fourth-order valence-corrected chi connectivity index (χ4v) is 4.21. The van der Waals surface area contributed by atoms with Gasteiger partial charge in [0.2, 0.25) is 5.91 Å². The minimum absolute atomic E-state index is 0.0330. The van der Waals surface area contributed by atoms with Crippen molar-refractivity contribution in [2.24, 2.45) is 5.92 Å². The summed E-state index contributed by atoms with van der Waals surface area (Å²) < 4.78 is 63.2. The molecule has 134 valence electrons. The molecule has 6 nitrogen and oxygen atoms in total. The second kappa shape index (κ2) is 6.58. The zero-order valence-electron chi connectivity index (χ0n) is 13.0. The van der Waals surface area contributed by atoms with Crippen molar-refractivity contribution in [3.05, 3.63) is 24.0 Å². The summed E-state index contributed by atoms with van der Waals surface area (Å²) in [5.41, 5.74) is 5.31. The van der Waals surface area contributed by atoms with Crippen molar-refractivity contribution in [1.82, 2.24) is 9.88 Å². The topological polar surface area (TPSA) is 93.4 Å². The molecule has 1 aromatic rings. The van der Waals surface area contributed by atoms with Crippen LogP contribution in [0.5, 0.6) is 0 Å². The van der Waals surface area contributed by atoms with Crippen LogP contribution in [0, 0.1) is 5.92 Å². The molecular formula is C14H18F3N3O3S. The monoisotopic (exact) mass is 365 g/mol. The molecule has 1 aliphatic rings. The van der Waals surface area contributed by atoms with Crippen molar-refractivity contribution < 1.29 is 26.4 Å². The molecule has 0 spiro atoms. The number of aromatic nitrogens is 1. The Morgan fingerprint density at radius 2 is 1.92 bits per heavy atom. The Morgan fingerprint density at radius 1 is 1.33 bits per heavy atom. The molecule has 0 radical (unpaired) electrons. The SMILES string of the molecule is CN(C(=O)C1CCS(=O)(=O)CC1)[C@@H](c1ccc(N)cn1)C(F)(F)F. The molecule has 1 aliphatic heterocycles. The van der Waals surface area contributed by atoms with E-state index in [0.717, 1.165) is 19.3 Å². The largest absolute Gasteiger partial charge is 0.414 e. The normalized spacial score (nSPS) is 19.7. The van der Waals surface area contributed by atoms with Crippen LogP contribution in [0.3, 0.4) is 0 Å². The van der Waals surface area contributed by atoms with Gasteiger partial charge in [0.15, 0.2) is 6.04 Å². The van der Waals surface area contributed by atoms with Gasteiger partial charge >= 0.3 is 6.18 Å². The van der Waals surface area contributed by atoms with Gasteiger partial charge in [0.1, 0.15) is 9.84 Å². The number of amides is 1. The number of nitrogen functional groups attached to an aromatic ring is 1. The van der Waals surface area contributed by atoms with Gasteiger partial charge < -0.3 is 10.6 Å². The minimum Gasteiger partial charge on any atom is -0.397 e. The van der Waals surface area contributed by atoms with E-state index >= 15 is 0 Å². The number of nitrogens with two attached hydrogens (primary N) is 1. The molecular weight excluding hydrogens is 347 g/mol. The number of sulfone groups is 1. The molecule has 0 aliphatic carbocycles. The summed E-state index contributed by atoms with van der Waals surface area (Å²) >= 11 is 0. The van der Waals surface area contributed by atoms with Gasteiger partial charge in [-0.15, -0.1) is 0 Å². The molecule has 2 rings (SSSR count). The first kappa shape index (κ1) is 18.5. The summed E-state index contributed by atoms with van der Waals surface area (Å²) in [4.78, 5) is 16.7. The smallest absolute Gasteiger partial charge is 0.397 e. The summed E-state index contributed by atoms with van der Waals surface area (Å²) in [6.07, 6.45) is -3.55. The van der Waals surface area contributed by atoms with Crippen LogP contribution in [0.1, 0.15) is 24.6 Å².